The van der Waals surface area contributed by atoms with E-state index in [4.69, 9.17) is 4.42 Å². The molecule has 116 valence electrons. The minimum absolute atomic E-state index is 0.0759. The lowest BCUT2D eigenvalue weighted by atomic mass is 9.91. The van der Waals surface area contributed by atoms with Crippen molar-refractivity contribution >= 4 is 5.91 Å². The van der Waals surface area contributed by atoms with Crippen molar-refractivity contribution in [2.24, 2.45) is 0 Å². The summed E-state index contributed by atoms with van der Waals surface area (Å²) in [5, 5.41) is 7.10. The molecule has 0 aromatic carbocycles. The van der Waals surface area contributed by atoms with Crippen LogP contribution in [0, 0.1) is 6.92 Å². The van der Waals surface area contributed by atoms with Crippen LogP contribution in [0.5, 0.6) is 0 Å². The number of aromatic nitrogens is 3. The van der Waals surface area contributed by atoms with Crippen LogP contribution < -0.4 is 10.9 Å². The molecule has 1 amide bonds. The van der Waals surface area contributed by atoms with Crippen LogP contribution >= 0.6 is 0 Å². The van der Waals surface area contributed by atoms with Crippen LogP contribution in [0.1, 0.15) is 48.1 Å². The van der Waals surface area contributed by atoms with E-state index in [1.165, 1.54) is 12.3 Å². The molecule has 22 heavy (non-hydrogen) atoms. The molecule has 0 radical (unpaired) electrons. The molecule has 0 atom stereocenters. The Morgan fingerprint density at radius 2 is 2.14 bits per heavy atom. The first-order valence-electron chi connectivity index (χ1n) is 7.40. The second-order valence-electron chi connectivity index (χ2n) is 5.54. The highest BCUT2D eigenvalue weighted by molar-refractivity contribution is 5.92. The third kappa shape index (κ3) is 3.08. The molecule has 7 heteroatoms. The summed E-state index contributed by atoms with van der Waals surface area (Å²) in [7, 11) is 0. The molecule has 0 spiro atoms. The van der Waals surface area contributed by atoms with E-state index in [1.54, 1.807) is 23.9 Å². The van der Waals surface area contributed by atoms with E-state index in [9.17, 15) is 9.59 Å². The summed E-state index contributed by atoms with van der Waals surface area (Å²) in [6.45, 7) is 1.70. The Hall–Kier alpha value is -2.44. The molecule has 1 aliphatic carbocycles. The third-order valence-electron chi connectivity index (χ3n) is 3.97. The van der Waals surface area contributed by atoms with Crippen molar-refractivity contribution < 1.29 is 9.21 Å². The van der Waals surface area contributed by atoms with Gasteiger partial charge in [-0.05, 0) is 31.7 Å². The Balaban J connectivity index is 1.57. The van der Waals surface area contributed by atoms with E-state index in [0.29, 0.717) is 11.6 Å². The number of carbonyl (C=O) groups excluding carboxylic acids is 1. The fourth-order valence-electron chi connectivity index (χ4n) is 2.83. The first-order chi connectivity index (χ1) is 10.6. The first-order valence-corrected chi connectivity index (χ1v) is 7.40. The zero-order valence-electron chi connectivity index (χ0n) is 12.4. The van der Waals surface area contributed by atoms with Crippen molar-refractivity contribution in [2.45, 2.75) is 44.7 Å². The molecule has 0 unspecified atom stereocenters. The quantitative estimate of drug-likeness (QED) is 0.927. The summed E-state index contributed by atoms with van der Waals surface area (Å²) >= 11 is 0. The van der Waals surface area contributed by atoms with Gasteiger partial charge < -0.3 is 9.73 Å². The standard InChI is InChI=1S/C15H18N4O3/c1-10-17-13(9-22-10)15(21)18-11-4-6-12(7-5-11)19-14(20)3-2-8-16-19/h2-3,8-9,11-12H,4-7H2,1H3,(H,18,21). The second-order valence-corrected chi connectivity index (χ2v) is 5.54. The summed E-state index contributed by atoms with van der Waals surface area (Å²) in [4.78, 5) is 27.8. The number of nitrogens with one attached hydrogen (secondary N) is 1. The van der Waals surface area contributed by atoms with Crippen molar-refractivity contribution in [2.75, 3.05) is 0 Å². The van der Waals surface area contributed by atoms with Crippen LogP contribution in [-0.4, -0.2) is 26.7 Å². The number of hydrogen-bond donors (Lipinski definition) is 1. The molecular formula is C15H18N4O3. The van der Waals surface area contributed by atoms with Gasteiger partial charge in [-0.3, -0.25) is 9.59 Å². The minimum atomic E-state index is -0.213. The fraction of sp³-hybridized carbons (Fsp3) is 0.467. The van der Waals surface area contributed by atoms with Crippen LogP contribution in [0.4, 0.5) is 0 Å². The molecule has 2 heterocycles. The number of amides is 1. The highest BCUT2D eigenvalue weighted by Crippen LogP contribution is 2.26. The van der Waals surface area contributed by atoms with Crippen LogP contribution in [-0.2, 0) is 0 Å². The summed E-state index contributed by atoms with van der Waals surface area (Å²) < 4.78 is 6.59. The van der Waals surface area contributed by atoms with E-state index in [0.717, 1.165) is 25.7 Å². The Morgan fingerprint density at radius 3 is 2.77 bits per heavy atom. The lowest BCUT2D eigenvalue weighted by Crippen LogP contribution is -2.39. The molecule has 2 aromatic heterocycles. The highest BCUT2D eigenvalue weighted by Gasteiger charge is 2.25. The Kier molecular flexibility index (Phi) is 4.04. The maximum absolute atomic E-state index is 12.0. The van der Waals surface area contributed by atoms with Gasteiger partial charge in [0.05, 0.1) is 6.04 Å². The van der Waals surface area contributed by atoms with Crippen molar-refractivity contribution in [1.82, 2.24) is 20.1 Å². The second kappa shape index (κ2) is 6.13. The van der Waals surface area contributed by atoms with Crippen LogP contribution in [0.3, 0.4) is 0 Å². The topological polar surface area (TPSA) is 90.0 Å². The number of oxazole rings is 1. The van der Waals surface area contributed by atoms with Gasteiger partial charge in [-0.1, -0.05) is 0 Å². The van der Waals surface area contributed by atoms with E-state index >= 15 is 0 Å². The highest BCUT2D eigenvalue weighted by atomic mass is 16.3. The lowest BCUT2D eigenvalue weighted by Gasteiger charge is -2.29. The number of rotatable bonds is 3. The predicted octanol–water partition coefficient (Wildman–Crippen LogP) is 1.45. The number of carbonyl (C=O) groups is 1. The molecule has 0 aliphatic heterocycles. The summed E-state index contributed by atoms with van der Waals surface area (Å²) in [6, 6.07) is 3.37. The van der Waals surface area contributed by atoms with Gasteiger partial charge in [0.2, 0.25) is 0 Å². The average Bonchev–Trinajstić information content (AvgIpc) is 2.95. The zero-order chi connectivity index (χ0) is 15.5. The van der Waals surface area contributed by atoms with Crippen LogP contribution in [0.2, 0.25) is 0 Å². The van der Waals surface area contributed by atoms with E-state index in [1.807, 2.05) is 0 Å². The van der Waals surface area contributed by atoms with E-state index < -0.39 is 0 Å². The van der Waals surface area contributed by atoms with Crippen molar-refractivity contribution in [3.8, 4) is 0 Å². The summed E-state index contributed by atoms with van der Waals surface area (Å²) in [6.07, 6.45) is 6.26. The molecule has 7 nitrogen and oxygen atoms in total. The van der Waals surface area contributed by atoms with E-state index in [2.05, 4.69) is 15.4 Å². The summed E-state index contributed by atoms with van der Waals surface area (Å²) in [5.41, 5.74) is 0.230. The molecule has 1 aliphatic rings. The van der Waals surface area contributed by atoms with Gasteiger partial charge in [0.25, 0.3) is 11.5 Å². The maximum atomic E-state index is 12.0. The smallest absolute Gasteiger partial charge is 0.273 e. The molecular weight excluding hydrogens is 284 g/mol. The predicted molar refractivity (Wildman–Crippen MR) is 78.5 cm³/mol. The van der Waals surface area contributed by atoms with Gasteiger partial charge in [-0.15, -0.1) is 0 Å². The van der Waals surface area contributed by atoms with Gasteiger partial charge in [0, 0.05) is 25.2 Å². The van der Waals surface area contributed by atoms with Gasteiger partial charge in [0.15, 0.2) is 11.6 Å². The lowest BCUT2D eigenvalue weighted by molar-refractivity contribution is 0.0916. The molecule has 0 saturated heterocycles. The van der Waals surface area contributed by atoms with E-state index in [-0.39, 0.29) is 23.6 Å². The van der Waals surface area contributed by atoms with Gasteiger partial charge in [-0.25, -0.2) is 9.67 Å². The van der Waals surface area contributed by atoms with Crippen molar-refractivity contribution in [3.63, 3.8) is 0 Å². The van der Waals surface area contributed by atoms with Crippen LogP contribution in [0.15, 0.2) is 33.8 Å². The largest absolute Gasteiger partial charge is 0.448 e. The van der Waals surface area contributed by atoms with Crippen LogP contribution in [0.25, 0.3) is 0 Å². The van der Waals surface area contributed by atoms with Gasteiger partial charge in [0.1, 0.15) is 6.26 Å². The third-order valence-corrected chi connectivity index (χ3v) is 3.97. The average molecular weight is 302 g/mol. The Bertz CT molecular complexity index is 713. The Morgan fingerprint density at radius 1 is 1.36 bits per heavy atom. The fourth-order valence-corrected chi connectivity index (χ4v) is 2.83. The van der Waals surface area contributed by atoms with Gasteiger partial charge in [-0.2, -0.15) is 5.10 Å². The monoisotopic (exact) mass is 302 g/mol. The van der Waals surface area contributed by atoms with Crippen molar-refractivity contribution in [1.29, 1.82) is 0 Å². The summed E-state index contributed by atoms with van der Waals surface area (Å²) in [5.74, 6) is 0.263. The Labute approximate surface area is 127 Å². The molecule has 0 bridgehead atoms. The first kappa shape index (κ1) is 14.5. The SMILES string of the molecule is Cc1nc(C(=O)NC2CCC(n3ncccc3=O)CC2)co1. The molecule has 3 rings (SSSR count). The molecule has 1 fully saturated rings. The number of nitrogens with zero attached hydrogens (tertiary/aromatic N) is 3. The van der Waals surface area contributed by atoms with Crippen molar-refractivity contribution in [3.05, 3.63) is 46.5 Å². The normalized spacial score (nSPS) is 21.5. The zero-order valence-corrected chi connectivity index (χ0v) is 12.4. The number of hydrogen-bond acceptors (Lipinski definition) is 5. The molecule has 1 saturated carbocycles. The van der Waals surface area contributed by atoms with Gasteiger partial charge >= 0.3 is 0 Å². The minimum Gasteiger partial charge on any atom is -0.448 e. The molecule has 2 aromatic rings. The maximum Gasteiger partial charge on any atom is 0.273 e. The molecule has 1 N–H and O–H groups in total. The number of aryl methyl sites for hydroxylation is 1.